The Kier molecular flexibility index (Phi) is 4.51. The molecule has 0 amide bonds. The fourth-order valence-electron chi connectivity index (χ4n) is 1.72. The Balaban J connectivity index is 2.03. The number of hydrazine groups is 1. The third-order valence-electron chi connectivity index (χ3n) is 2.59. The molecule has 0 spiro atoms. The molecule has 20 heavy (non-hydrogen) atoms. The minimum Gasteiger partial charge on any atom is -0.361 e. The number of aliphatic imine (C=N–C) groups is 1. The summed E-state index contributed by atoms with van der Waals surface area (Å²) >= 11 is 0. The molecule has 1 unspecified atom stereocenters. The Hall–Kier alpha value is -1.32. The highest BCUT2D eigenvalue weighted by Crippen LogP contribution is 2.34. The van der Waals surface area contributed by atoms with E-state index in [2.05, 4.69) is 9.98 Å². The summed E-state index contributed by atoms with van der Waals surface area (Å²) < 4.78 is 30.0. The standard InChI is InChI=1S/C9H15FN5O4P/c10-1-7(19-6-20(16,17)18)2-14-4-12-8-3-15(11)5-13-9(8)14/h4-5,7H,1-3,6,11H2,(H2,16,17,18). The van der Waals surface area contributed by atoms with Gasteiger partial charge in [0.15, 0.2) is 5.82 Å². The summed E-state index contributed by atoms with van der Waals surface area (Å²) in [6.45, 7) is -0.435. The zero-order valence-corrected chi connectivity index (χ0v) is 11.4. The molecule has 1 atom stereocenters. The fraction of sp³-hybridized carbons (Fsp3) is 0.556. The zero-order valence-electron chi connectivity index (χ0n) is 10.5. The molecule has 0 aromatic carbocycles. The topological polar surface area (TPSA) is 126 Å². The summed E-state index contributed by atoms with van der Waals surface area (Å²) in [5.74, 6) is 6.08. The van der Waals surface area contributed by atoms with Crippen LogP contribution >= 0.6 is 7.60 Å². The summed E-state index contributed by atoms with van der Waals surface area (Å²) in [6, 6.07) is 0. The average molecular weight is 307 g/mol. The van der Waals surface area contributed by atoms with Crippen LogP contribution in [0.3, 0.4) is 0 Å². The first kappa shape index (κ1) is 15.1. The van der Waals surface area contributed by atoms with Crippen molar-refractivity contribution in [3.8, 4) is 0 Å². The second kappa shape index (κ2) is 5.98. The molecular weight excluding hydrogens is 292 g/mol. The predicted molar refractivity (Wildman–Crippen MR) is 67.9 cm³/mol. The molecule has 0 bridgehead atoms. The van der Waals surface area contributed by atoms with Gasteiger partial charge in [0, 0.05) is 0 Å². The van der Waals surface area contributed by atoms with E-state index >= 15 is 0 Å². The van der Waals surface area contributed by atoms with Crippen molar-refractivity contribution in [1.29, 1.82) is 0 Å². The maximum Gasteiger partial charge on any atom is 0.350 e. The van der Waals surface area contributed by atoms with Crippen molar-refractivity contribution in [1.82, 2.24) is 14.6 Å². The summed E-state index contributed by atoms with van der Waals surface area (Å²) in [4.78, 5) is 25.6. The molecule has 0 aliphatic carbocycles. The Labute approximate surface area is 114 Å². The molecule has 0 saturated carbocycles. The first-order valence-electron chi connectivity index (χ1n) is 5.70. The maximum absolute atomic E-state index is 12.8. The first-order valence-corrected chi connectivity index (χ1v) is 7.50. The van der Waals surface area contributed by atoms with Gasteiger partial charge in [0.1, 0.15) is 31.2 Å². The number of rotatable bonds is 6. The van der Waals surface area contributed by atoms with Crippen molar-refractivity contribution in [2.75, 3.05) is 13.0 Å². The highest BCUT2D eigenvalue weighted by molar-refractivity contribution is 7.51. The quantitative estimate of drug-likeness (QED) is 0.487. The lowest BCUT2D eigenvalue weighted by Gasteiger charge is -2.19. The highest BCUT2D eigenvalue weighted by atomic mass is 31.2. The molecule has 1 aromatic rings. The van der Waals surface area contributed by atoms with Gasteiger partial charge < -0.3 is 19.1 Å². The van der Waals surface area contributed by atoms with Gasteiger partial charge in [-0.25, -0.2) is 20.2 Å². The number of fused-ring (bicyclic) bond motifs is 1. The van der Waals surface area contributed by atoms with Gasteiger partial charge in [-0.1, -0.05) is 0 Å². The second-order valence-electron chi connectivity index (χ2n) is 4.32. The molecule has 112 valence electrons. The number of ether oxygens (including phenoxy) is 1. The molecule has 1 aromatic heterocycles. The van der Waals surface area contributed by atoms with Crippen LogP contribution in [0.4, 0.5) is 10.2 Å². The average Bonchev–Trinajstić information content (AvgIpc) is 2.75. The Morgan fingerprint density at radius 1 is 1.60 bits per heavy atom. The minimum absolute atomic E-state index is 0.0563. The summed E-state index contributed by atoms with van der Waals surface area (Å²) in [6.07, 6.45) is 1.08. The van der Waals surface area contributed by atoms with Crippen molar-refractivity contribution in [2.45, 2.75) is 19.2 Å². The lowest BCUT2D eigenvalue weighted by molar-refractivity contribution is 0.0441. The number of imidazole rings is 1. The molecule has 0 saturated heterocycles. The Morgan fingerprint density at radius 2 is 2.35 bits per heavy atom. The molecule has 0 fully saturated rings. The van der Waals surface area contributed by atoms with Crippen LogP contribution in [0.2, 0.25) is 0 Å². The van der Waals surface area contributed by atoms with Crippen LogP contribution in [0.1, 0.15) is 5.69 Å². The summed E-state index contributed by atoms with van der Waals surface area (Å²) in [7, 11) is -4.32. The van der Waals surface area contributed by atoms with Gasteiger partial charge in [-0.15, -0.1) is 0 Å². The van der Waals surface area contributed by atoms with Crippen molar-refractivity contribution in [3.05, 3.63) is 12.0 Å². The summed E-state index contributed by atoms with van der Waals surface area (Å²) in [5.41, 5.74) is 0.641. The predicted octanol–water partition coefficient (Wildman–Crippen LogP) is -0.278. The third kappa shape index (κ3) is 3.84. The van der Waals surface area contributed by atoms with Gasteiger partial charge in [-0.2, -0.15) is 0 Å². The first-order chi connectivity index (χ1) is 9.39. The molecular formula is C9H15FN5O4P. The number of alkyl halides is 1. The van der Waals surface area contributed by atoms with Crippen molar-refractivity contribution in [2.24, 2.45) is 10.8 Å². The van der Waals surface area contributed by atoms with Gasteiger partial charge in [0.25, 0.3) is 0 Å². The van der Waals surface area contributed by atoms with Crippen LogP contribution in [0.15, 0.2) is 11.3 Å². The number of halogens is 1. The van der Waals surface area contributed by atoms with E-state index in [0.29, 0.717) is 18.1 Å². The number of nitrogens with two attached hydrogens (primary N) is 1. The fourth-order valence-corrected chi connectivity index (χ4v) is 2.13. The van der Waals surface area contributed by atoms with Gasteiger partial charge in [0.05, 0.1) is 19.4 Å². The normalized spacial score (nSPS) is 16.3. The van der Waals surface area contributed by atoms with E-state index in [1.807, 2.05) is 0 Å². The Morgan fingerprint density at radius 3 is 3.00 bits per heavy atom. The molecule has 11 heteroatoms. The molecule has 2 heterocycles. The lowest BCUT2D eigenvalue weighted by atomic mass is 10.3. The van der Waals surface area contributed by atoms with E-state index in [0.717, 1.165) is 0 Å². The highest BCUT2D eigenvalue weighted by Gasteiger charge is 2.21. The molecule has 1 aliphatic heterocycles. The molecule has 2 rings (SSSR count). The molecule has 9 nitrogen and oxygen atoms in total. The largest absolute Gasteiger partial charge is 0.361 e. The van der Waals surface area contributed by atoms with Crippen LogP contribution in [0, 0.1) is 0 Å². The maximum atomic E-state index is 12.8. The van der Waals surface area contributed by atoms with Crippen molar-refractivity contribution < 1.29 is 23.5 Å². The monoisotopic (exact) mass is 307 g/mol. The van der Waals surface area contributed by atoms with E-state index in [1.165, 1.54) is 17.7 Å². The van der Waals surface area contributed by atoms with Crippen LogP contribution in [-0.2, 0) is 22.4 Å². The van der Waals surface area contributed by atoms with Gasteiger partial charge in [-0.3, -0.25) is 9.57 Å². The number of aromatic nitrogens is 2. The van der Waals surface area contributed by atoms with Crippen LogP contribution < -0.4 is 5.84 Å². The molecule has 4 N–H and O–H groups in total. The minimum atomic E-state index is -4.32. The van der Waals surface area contributed by atoms with Gasteiger partial charge in [-0.05, 0) is 0 Å². The van der Waals surface area contributed by atoms with E-state index in [4.69, 9.17) is 20.4 Å². The number of hydrogen-bond acceptors (Lipinski definition) is 6. The van der Waals surface area contributed by atoms with Gasteiger partial charge in [0.2, 0.25) is 0 Å². The molecule has 1 aliphatic rings. The SMILES string of the molecule is NN1C=Nc2c(ncn2CC(CF)OCP(=O)(O)O)C1. The van der Waals surface area contributed by atoms with Crippen molar-refractivity contribution in [3.63, 3.8) is 0 Å². The van der Waals surface area contributed by atoms with E-state index < -0.39 is 26.7 Å². The summed E-state index contributed by atoms with van der Waals surface area (Å²) in [5, 5.41) is 1.36. The van der Waals surface area contributed by atoms with Crippen LogP contribution in [0.25, 0.3) is 0 Å². The lowest BCUT2D eigenvalue weighted by Crippen LogP contribution is -2.31. The van der Waals surface area contributed by atoms with E-state index in [1.54, 1.807) is 4.57 Å². The van der Waals surface area contributed by atoms with Crippen molar-refractivity contribution >= 4 is 19.8 Å². The second-order valence-corrected chi connectivity index (χ2v) is 5.91. The van der Waals surface area contributed by atoms with Crippen LogP contribution in [0.5, 0.6) is 0 Å². The zero-order chi connectivity index (χ0) is 14.8. The Bertz CT molecular complexity index is 544. The van der Waals surface area contributed by atoms with Crippen LogP contribution in [-0.4, -0.2) is 49.8 Å². The third-order valence-corrected chi connectivity index (χ3v) is 3.08. The van der Waals surface area contributed by atoms with E-state index in [9.17, 15) is 8.96 Å². The smallest absolute Gasteiger partial charge is 0.350 e. The number of nitrogens with zero attached hydrogens (tertiary/aromatic N) is 4. The molecule has 0 radical (unpaired) electrons. The van der Waals surface area contributed by atoms with Gasteiger partial charge >= 0.3 is 7.60 Å². The van der Waals surface area contributed by atoms with E-state index in [-0.39, 0.29) is 6.54 Å². The number of hydrogen-bond donors (Lipinski definition) is 3.